The molecule has 7 rings (SSSR count). The predicted molar refractivity (Wildman–Crippen MR) is 327 cm³/mol. The van der Waals surface area contributed by atoms with E-state index in [9.17, 15) is 95.5 Å². The van der Waals surface area contributed by atoms with Crippen LogP contribution in [-0.4, -0.2) is 325 Å². The van der Waals surface area contributed by atoms with Crippen LogP contribution in [0.1, 0.15) is 96.8 Å². The second-order valence-corrected chi connectivity index (χ2v) is 24.9. The minimum absolute atomic E-state index is 0.0314. The number of benzene rings is 1. The third kappa shape index (κ3) is 20.4. The normalized spacial score (nSPS) is 39.6. The molecule has 30 atom stereocenters. The Morgan fingerprint density at radius 2 is 0.878 bits per heavy atom. The summed E-state index contributed by atoms with van der Waals surface area (Å²) in [6.45, 7) is 3.20. The van der Waals surface area contributed by atoms with E-state index in [2.05, 4.69) is 45.3 Å². The van der Waals surface area contributed by atoms with Gasteiger partial charge in [-0.25, -0.2) is 0 Å². The summed E-state index contributed by atoms with van der Waals surface area (Å²) in [5, 5.41) is 168. The van der Waals surface area contributed by atoms with Crippen LogP contribution in [0.4, 0.5) is 0 Å². The van der Waals surface area contributed by atoms with E-state index in [4.69, 9.17) is 56.8 Å². The molecule has 36 nitrogen and oxygen atoms in total. The topological polar surface area (TPSA) is 539 Å². The Labute approximate surface area is 564 Å². The summed E-state index contributed by atoms with van der Waals surface area (Å²) in [6, 6.07) is -2.60. The summed E-state index contributed by atoms with van der Waals surface area (Å²) >= 11 is 0. The van der Waals surface area contributed by atoms with Crippen LogP contribution < -0.4 is 31.3 Å². The van der Waals surface area contributed by atoms with Crippen molar-refractivity contribution in [2.24, 2.45) is 0 Å². The van der Waals surface area contributed by atoms with Crippen LogP contribution in [0, 0.1) is 11.8 Å². The van der Waals surface area contributed by atoms with Gasteiger partial charge in [0.15, 0.2) is 37.7 Å². The molecule has 6 aliphatic rings. The number of carbonyl (C=O) groups excluding carboxylic acids is 5. The minimum Gasteiger partial charge on any atom is -0.494 e. The highest BCUT2D eigenvalue weighted by atomic mass is 16.8. The van der Waals surface area contributed by atoms with Crippen LogP contribution in [0.15, 0.2) is 24.3 Å². The van der Waals surface area contributed by atoms with Gasteiger partial charge in [0.25, 0.3) is 5.91 Å². The lowest BCUT2D eigenvalue weighted by molar-refractivity contribution is -0.368. The number of nitrogens with one attached hydrogen (secondary N) is 5. The molecule has 1 aromatic rings. The van der Waals surface area contributed by atoms with Crippen molar-refractivity contribution in [1.29, 1.82) is 0 Å². The molecular formula is C62H97N5O31. The maximum absolute atomic E-state index is 13.9. The first-order chi connectivity index (χ1) is 46.7. The van der Waals surface area contributed by atoms with Crippen molar-refractivity contribution in [2.45, 2.75) is 270 Å². The van der Waals surface area contributed by atoms with Gasteiger partial charge >= 0.3 is 0 Å². The van der Waals surface area contributed by atoms with Gasteiger partial charge in [0, 0.05) is 46.1 Å². The highest BCUT2D eigenvalue weighted by molar-refractivity contribution is 5.94. The van der Waals surface area contributed by atoms with Crippen LogP contribution >= 0.6 is 0 Å². The highest BCUT2D eigenvalue weighted by Gasteiger charge is 2.58. The van der Waals surface area contributed by atoms with Crippen molar-refractivity contribution >= 4 is 29.5 Å². The van der Waals surface area contributed by atoms with E-state index >= 15 is 0 Å². The Morgan fingerprint density at radius 3 is 1.34 bits per heavy atom. The Kier molecular flexibility index (Phi) is 30.9. The first kappa shape index (κ1) is 80.2. The van der Waals surface area contributed by atoms with Crippen LogP contribution in [0.5, 0.6) is 5.75 Å². The van der Waals surface area contributed by atoms with Gasteiger partial charge in [-0.2, -0.15) is 0 Å². The number of unbranched alkanes of at least 4 members (excludes halogenated alkanes) is 5. The molecule has 6 heterocycles. The standard InChI is InChI=1S/C62H97N5O31/c1-7-8-9-10-11-12-13-14-15-19-87-32-18-16-17-31(20-32)56(85)67-39-45(78)44(77)33(21-68)91-58(39)95-52-34(22-69)92-59(40(47(52)80)64-28(4)73)96-53-35(23-70)93-60(41(48(53)81)65-29(5)74)97-54-36(24-71)94-61(42(49(54)82)66-30(6)75)98-55-37(90-57(86)38(46(55)79)63-27(3)72)25-88-62-51(84)50(83)43(76)26(2)89-62/h16-18,20,26,33-55,57-62,68-71,76-84,86H,7-11,14-15,19,21-25H2,1-6H3,(H,63,72)(H,64,73)(H,65,74)(H,66,75)(H,67,85)/t26?,33?,34-,35?,36-,37?,38-,39-,40?,41-,42?,43?,44+,45?,46+,47?,48-,49?,50-,51+,52+,53?,54+,55?,57+,58-,59?,60-,61?,62+/m0/s1. The number of amides is 5. The van der Waals surface area contributed by atoms with E-state index in [0.717, 1.165) is 59.8 Å². The largest absolute Gasteiger partial charge is 0.494 e. The molecule has 5 amide bonds. The lowest BCUT2D eigenvalue weighted by Crippen LogP contribution is -2.72. The summed E-state index contributed by atoms with van der Waals surface area (Å²) in [4.78, 5) is 65.0. The van der Waals surface area contributed by atoms with Crippen molar-refractivity contribution in [3.63, 3.8) is 0 Å². The minimum atomic E-state index is -2.08. The molecule has 6 saturated heterocycles. The van der Waals surface area contributed by atoms with Gasteiger partial charge in [-0.3, -0.25) is 24.0 Å². The molecule has 36 heteroatoms. The Bertz CT molecular complexity index is 2770. The third-order valence-corrected chi connectivity index (χ3v) is 17.4. The van der Waals surface area contributed by atoms with Crippen LogP contribution in [0.3, 0.4) is 0 Å². The van der Waals surface area contributed by atoms with Gasteiger partial charge in [-0.15, -0.1) is 11.8 Å². The Morgan fingerprint density at radius 1 is 0.449 bits per heavy atom. The average Bonchev–Trinajstić information content (AvgIpc) is 0.771. The van der Waals surface area contributed by atoms with E-state index in [-0.39, 0.29) is 12.2 Å². The fraction of sp³-hybridized carbons (Fsp3) is 0.790. The summed E-state index contributed by atoms with van der Waals surface area (Å²) in [5.41, 5.74) is 0.0314. The number of hydrogen-bond acceptors (Lipinski definition) is 31. The summed E-state index contributed by atoms with van der Waals surface area (Å²) < 4.78 is 71.9. The maximum Gasteiger partial charge on any atom is 0.251 e. The highest BCUT2D eigenvalue weighted by Crippen LogP contribution is 2.37. The molecule has 0 spiro atoms. The van der Waals surface area contributed by atoms with Gasteiger partial charge in [-0.05, 0) is 38.0 Å². The number of carbonyl (C=O) groups is 5. The van der Waals surface area contributed by atoms with E-state index < -0.39 is 246 Å². The molecule has 6 fully saturated rings. The molecule has 6 aliphatic heterocycles. The number of hydrogen-bond donors (Lipinski definition) is 19. The predicted octanol–water partition coefficient (Wildman–Crippen LogP) is -7.93. The maximum atomic E-state index is 13.9. The lowest BCUT2D eigenvalue weighted by Gasteiger charge is -2.51. The molecule has 0 radical (unpaired) electrons. The number of aliphatic hydroxyl groups is 14. The molecule has 556 valence electrons. The van der Waals surface area contributed by atoms with Gasteiger partial charge in [0.1, 0.15) is 146 Å². The summed E-state index contributed by atoms with van der Waals surface area (Å²) in [7, 11) is 0. The third-order valence-electron chi connectivity index (χ3n) is 17.4. The van der Waals surface area contributed by atoms with Crippen LogP contribution in [0.25, 0.3) is 0 Å². The zero-order chi connectivity index (χ0) is 71.8. The van der Waals surface area contributed by atoms with Crippen molar-refractivity contribution in [2.75, 3.05) is 39.6 Å². The second-order valence-electron chi connectivity index (χ2n) is 24.9. The molecule has 1 aromatic carbocycles. The fourth-order valence-corrected chi connectivity index (χ4v) is 12.3. The molecular weight excluding hydrogens is 1310 g/mol. The van der Waals surface area contributed by atoms with Crippen molar-refractivity contribution in [3.05, 3.63) is 29.8 Å². The van der Waals surface area contributed by atoms with Gasteiger partial charge < -0.3 is 155 Å². The summed E-state index contributed by atoms with van der Waals surface area (Å²) in [5.74, 6) is 2.53. The lowest BCUT2D eigenvalue weighted by atomic mass is 9.93. The first-order valence-electron chi connectivity index (χ1n) is 32.6. The van der Waals surface area contributed by atoms with Crippen molar-refractivity contribution < 1.29 is 152 Å². The van der Waals surface area contributed by atoms with Crippen LogP contribution in [-0.2, 0) is 71.3 Å². The molecule has 0 saturated carbocycles. The van der Waals surface area contributed by atoms with Gasteiger partial charge in [-0.1, -0.05) is 32.3 Å². The number of ether oxygens (including phenoxy) is 12. The average molecular weight is 1410 g/mol. The molecule has 98 heavy (non-hydrogen) atoms. The van der Waals surface area contributed by atoms with E-state index in [1.807, 2.05) is 0 Å². The molecule has 0 bridgehead atoms. The smallest absolute Gasteiger partial charge is 0.251 e. The van der Waals surface area contributed by atoms with Gasteiger partial charge in [0.2, 0.25) is 23.6 Å². The fourth-order valence-electron chi connectivity index (χ4n) is 12.3. The van der Waals surface area contributed by atoms with E-state index in [0.29, 0.717) is 18.6 Å². The second kappa shape index (κ2) is 37.7. The molecule has 19 N–H and O–H groups in total. The monoisotopic (exact) mass is 1410 g/mol. The molecule has 14 unspecified atom stereocenters. The van der Waals surface area contributed by atoms with E-state index in [1.54, 1.807) is 12.1 Å². The van der Waals surface area contributed by atoms with Crippen LogP contribution in [0.2, 0.25) is 0 Å². The van der Waals surface area contributed by atoms with Gasteiger partial charge in [0.05, 0.1) is 45.7 Å². The quantitative estimate of drug-likeness (QED) is 0.0262. The zero-order valence-electron chi connectivity index (χ0n) is 55.0. The van der Waals surface area contributed by atoms with Crippen molar-refractivity contribution in [3.8, 4) is 17.6 Å². The van der Waals surface area contributed by atoms with E-state index in [1.165, 1.54) is 19.1 Å². The molecule has 0 aliphatic carbocycles. The SMILES string of the molecule is CCCCCCC#CCCCOc1cccc(C(=O)N[C@H]2C(O)[C@H](O)C(CO)O[C@H]2O[C@H]2C(O)C(NC(C)=O)C(OC3C(CO)O[C@@H](O[C@H]4C(O)C(NC(C)=O)C(OC5C(CO[C@@H]6OC(C)C(O)[C@H](O)[C@H]6O)O[C@@H](O)[C@@H](NC(C)=O)[C@H]5O)O[C@H]4CO)[C@@H](NC(C)=O)[C@@H]3O)O[C@H]2CO)c1. The van der Waals surface area contributed by atoms with Crippen molar-refractivity contribution in [1.82, 2.24) is 26.6 Å². The summed E-state index contributed by atoms with van der Waals surface area (Å²) in [6.07, 6.45) is -38.5. The number of rotatable bonds is 29. The molecule has 0 aromatic heterocycles. The Balaban J connectivity index is 1.07. The number of aliphatic hydroxyl groups excluding tert-OH is 14. The first-order valence-corrected chi connectivity index (χ1v) is 32.6. The zero-order valence-corrected chi connectivity index (χ0v) is 55.0. The Hall–Kier alpha value is -5.07.